The van der Waals surface area contributed by atoms with Gasteiger partial charge in [-0.15, -0.1) is 0 Å². The molecule has 7 heteroatoms. The number of nitro groups is 1. The van der Waals surface area contributed by atoms with E-state index < -0.39 is 4.92 Å². The first-order chi connectivity index (χ1) is 9.56. The topological polar surface area (TPSA) is 100 Å². The van der Waals surface area contributed by atoms with Gasteiger partial charge in [0.1, 0.15) is 12.4 Å². The van der Waals surface area contributed by atoms with Crippen LogP contribution in [-0.4, -0.2) is 16.1 Å². The van der Waals surface area contributed by atoms with Gasteiger partial charge in [-0.2, -0.15) is 0 Å². The van der Waals surface area contributed by atoms with Crippen LogP contribution in [0.15, 0.2) is 47.4 Å². The number of nitrogens with two attached hydrogens (primary N) is 1. The highest BCUT2D eigenvalue weighted by molar-refractivity contribution is 5.43. The fourth-order valence-electron chi connectivity index (χ4n) is 1.67. The predicted molar refractivity (Wildman–Crippen MR) is 73.7 cm³/mol. The van der Waals surface area contributed by atoms with Crippen LogP contribution in [0.25, 0.3) is 0 Å². The number of anilines is 1. The summed E-state index contributed by atoms with van der Waals surface area (Å²) >= 11 is 0. The summed E-state index contributed by atoms with van der Waals surface area (Å²) < 4.78 is 6.68. The lowest BCUT2D eigenvalue weighted by Gasteiger charge is -2.08. The van der Waals surface area contributed by atoms with E-state index in [2.05, 4.69) is 0 Å². The maximum Gasteiger partial charge on any atom is 0.285 e. The fraction of sp³-hybridized carbons (Fsp3) is 0.154. The van der Waals surface area contributed by atoms with Crippen LogP contribution < -0.4 is 16.0 Å². The van der Waals surface area contributed by atoms with Crippen LogP contribution in [0.2, 0.25) is 0 Å². The lowest BCUT2D eigenvalue weighted by molar-refractivity contribution is -0.385. The molecule has 20 heavy (non-hydrogen) atoms. The number of rotatable bonds is 5. The minimum atomic E-state index is -0.547. The Bertz CT molecular complexity index is 681. The Kier molecular flexibility index (Phi) is 3.99. The SMILES string of the molecule is Nc1cccc(OCCn2cc([N+](=O)[O-])ccc2=O)c1. The van der Waals surface area contributed by atoms with Gasteiger partial charge in [0.15, 0.2) is 0 Å². The Hall–Kier alpha value is -2.83. The molecule has 1 aromatic heterocycles. The molecule has 2 rings (SSSR count). The molecule has 1 aromatic carbocycles. The van der Waals surface area contributed by atoms with Crippen molar-refractivity contribution >= 4 is 11.4 Å². The van der Waals surface area contributed by atoms with Gasteiger partial charge in [0, 0.05) is 23.9 Å². The van der Waals surface area contributed by atoms with E-state index in [1.165, 1.54) is 22.9 Å². The van der Waals surface area contributed by atoms with Crippen molar-refractivity contribution in [3.63, 3.8) is 0 Å². The van der Waals surface area contributed by atoms with Crippen molar-refractivity contribution in [1.29, 1.82) is 0 Å². The highest BCUT2D eigenvalue weighted by atomic mass is 16.6. The van der Waals surface area contributed by atoms with Gasteiger partial charge in [-0.25, -0.2) is 0 Å². The average Bonchev–Trinajstić information content (AvgIpc) is 2.40. The van der Waals surface area contributed by atoms with E-state index in [0.717, 1.165) is 0 Å². The van der Waals surface area contributed by atoms with Gasteiger partial charge in [-0.3, -0.25) is 14.9 Å². The van der Waals surface area contributed by atoms with Crippen molar-refractivity contribution in [2.75, 3.05) is 12.3 Å². The van der Waals surface area contributed by atoms with Gasteiger partial charge in [0.2, 0.25) is 0 Å². The minimum Gasteiger partial charge on any atom is -0.492 e. The second kappa shape index (κ2) is 5.87. The van der Waals surface area contributed by atoms with Crippen molar-refractivity contribution in [3.8, 4) is 5.75 Å². The molecule has 0 unspecified atom stereocenters. The lowest BCUT2D eigenvalue weighted by Crippen LogP contribution is -2.22. The summed E-state index contributed by atoms with van der Waals surface area (Å²) in [7, 11) is 0. The third kappa shape index (κ3) is 3.35. The first kappa shape index (κ1) is 13.6. The van der Waals surface area contributed by atoms with Gasteiger partial charge >= 0.3 is 0 Å². The molecule has 2 aromatic rings. The lowest BCUT2D eigenvalue weighted by atomic mass is 10.3. The van der Waals surface area contributed by atoms with Crippen molar-refractivity contribution in [2.45, 2.75) is 6.54 Å². The number of aromatic nitrogens is 1. The molecule has 0 saturated carbocycles. The van der Waals surface area contributed by atoms with Gasteiger partial charge in [-0.1, -0.05) is 6.07 Å². The van der Waals surface area contributed by atoms with Crippen molar-refractivity contribution in [3.05, 3.63) is 63.1 Å². The van der Waals surface area contributed by atoms with Crippen molar-refractivity contribution in [2.24, 2.45) is 0 Å². The van der Waals surface area contributed by atoms with Gasteiger partial charge in [0.05, 0.1) is 17.7 Å². The second-order valence-corrected chi connectivity index (χ2v) is 4.10. The van der Waals surface area contributed by atoms with Crippen LogP contribution in [0.3, 0.4) is 0 Å². The molecule has 0 aliphatic heterocycles. The molecule has 0 spiro atoms. The Labute approximate surface area is 114 Å². The Morgan fingerprint density at radius 3 is 2.80 bits per heavy atom. The first-order valence-corrected chi connectivity index (χ1v) is 5.89. The van der Waals surface area contributed by atoms with E-state index in [0.29, 0.717) is 11.4 Å². The summed E-state index contributed by atoms with van der Waals surface area (Å²) in [6.07, 6.45) is 1.20. The Morgan fingerprint density at radius 1 is 1.30 bits per heavy atom. The van der Waals surface area contributed by atoms with Crippen LogP contribution in [0.5, 0.6) is 5.75 Å². The zero-order valence-corrected chi connectivity index (χ0v) is 10.6. The van der Waals surface area contributed by atoms with E-state index in [4.69, 9.17) is 10.5 Å². The average molecular weight is 275 g/mol. The van der Waals surface area contributed by atoms with Crippen LogP contribution in [0, 0.1) is 10.1 Å². The quantitative estimate of drug-likeness (QED) is 0.505. The molecule has 0 bridgehead atoms. The van der Waals surface area contributed by atoms with E-state index in [1.807, 2.05) is 0 Å². The maximum absolute atomic E-state index is 11.6. The van der Waals surface area contributed by atoms with Crippen molar-refractivity contribution in [1.82, 2.24) is 4.57 Å². The zero-order valence-electron chi connectivity index (χ0n) is 10.6. The molecule has 1 heterocycles. The van der Waals surface area contributed by atoms with Crippen LogP contribution in [0.4, 0.5) is 11.4 Å². The van der Waals surface area contributed by atoms with Crippen molar-refractivity contribution < 1.29 is 9.66 Å². The molecule has 2 N–H and O–H groups in total. The molecule has 104 valence electrons. The summed E-state index contributed by atoms with van der Waals surface area (Å²) in [5, 5.41) is 10.6. The van der Waals surface area contributed by atoms with Gasteiger partial charge < -0.3 is 15.0 Å². The number of benzene rings is 1. The number of hydrogen-bond acceptors (Lipinski definition) is 5. The summed E-state index contributed by atoms with van der Waals surface area (Å²) in [6.45, 7) is 0.430. The van der Waals surface area contributed by atoms with Gasteiger partial charge in [-0.05, 0) is 12.1 Å². The number of hydrogen-bond donors (Lipinski definition) is 1. The van der Waals surface area contributed by atoms with Gasteiger partial charge in [0.25, 0.3) is 11.2 Å². The van der Waals surface area contributed by atoms with E-state index in [9.17, 15) is 14.9 Å². The summed E-state index contributed by atoms with van der Waals surface area (Å²) in [5.74, 6) is 0.587. The standard InChI is InChI=1S/C13H13N3O4/c14-10-2-1-3-12(8-10)20-7-6-15-9-11(16(18)19)4-5-13(15)17/h1-5,8-9H,6-7,14H2. The molecule has 0 aliphatic rings. The number of nitrogens with zero attached hydrogens (tertiary/aromatic N) is 2. The molecule has 0 fully saturated rings. The molecule has 7 nitrogen and oxygen atoms in total. The molecule has 0 atom stereocenters. The van der Waals surface area contributed by atoms with E-state index >= 15 is 0 Å². The number of nitrogen functional groups attached to an aromatic ring is 1. The first-order valence-electron chi connectivity index (χ1n) is 5.89. The second-order valence-electron chi connectivity index (χ2n) is 4.10. The predicted octanol–water partition coefficient (Wildman–Crippen LogP) is 1.42. The zero-order chi connectivity index (χ0) is 14.5. The Morgan fingerprint density at radius 2 is 2.10 bits per heavy atom. The molecule has 0 saturated heterocycles. The summed E-state index contributed by atoms with van der Waals surface area (Å²) in [4.78, 5) is 21.7. The third-order valence-corrected chi connectivity index (χ3v) is 2.64. The molecular formula is C13H13N3O4. The third-order valence-electron chi connectivity index (χ3n) is 2.64. The molecule has 0 aliphatic carbocycles. The molecule has 0 amide bonds. The molecule has 0 radical (unpaired) electrons. The molecular weight excluding hydrogens is 262 g/mol. The maximum atomic E-state index is 11.6. The normalized spacial score (nSPS) is 10.2. The number of ether oxygens (including phenoxy) is 1. The van der Waals surface area contributed by atoms with E-state index in [-0.39, 0.29) is 24.4 Å². The Balaban J connectivity index is 2.02. The smallest absolute Gasteiger partial charge is 0.285 e. The fourth-order valence-corrected chi connectivity index (χ4v) is 1.67. The van der Waals surface area contributed by atoms with Crippen LogP contribution >= 0.6 is 0 Å². The monoisotopic (exact) mass is 275 g/mol. The minimum absolute atomic E-state index is 0.131. The summed E-state index contributed by atoms with van der Waals surface area (Å²) in [6, 6.07) is 9.24. The number of pyridine rings is 1. The van der Waals surface area contributed by atoms with Crippen LogP contribution in [-0.2, 0) is 6.54 Å². The summed E-state index contributed by atoms with van der Waals surface area (Å²) in [5.41, 5.74) is 5.74. The van der Waals surface area contributed by atoms with Crippen LogP contribution in [0.1, 0.15) is 0 Å². The highest BCUT2D eigenvalue weighted by Crippen LogP contribution is 2.14. The van der Waals surface area contributed by atoms with E-state index in [1.54, 1.807) is 24.3 Å². The highest BCUT2D eigenvalue weighted by Gasteiger charge is 2.07. The largest absolute Gasteiger partial charge is 0.492 e.